The van der Waals surface area contributed by atoms with Crippen molar-refractivity contribution < 1.29 is 13.2 Å². The molecule has 0 aliphatic heterocycles. The summed E-state index contributed by atoms with van der Waals surface area (Å²) in [6.45, 7) is 1.36. The first-order chi connectivity index (χ1) is 6.45. The van der Waals surface area contributed by atoms with Crippen LogP contribution in [0.5, 0.6) is 0 Å². The number of hydrogen-bond acceptors (Lipinski definition) is 0. The molecule has 76 valence electrons. The Morgan fingerprint density at radius 2 is 1.50 bits per heavy atom. The fraction of sp³-hybridized carbons (Fsp3) is 0.200. The summed E-state index contributed by atoms with van der Waals surface area (Å²) < 4.78 is 33.5. The van der Waals surface area contributed by atoms with Gasteiger partial charge in [0.2, 0.25) is 0 Å². The fourth-order valence-corrected chi connectivity index (χ4v) is 0.826. The van der Waals surface area contributed by atoms with Gasteiger partial charge in [-0.25, -0.2) is 0 Å². The first-order valence-corrected chi connectivity index (χ1v) is 5.02. The van der Waals surface area contributed by atoms with Crippen LogP contribution < -0.4 is 0 Å². The molecule has 0 spiro atoms. The molecular formula is C10H8F3I. The standard InChI is InChI=1S/C6H4.C4H4F3I/c1-2-6-4-3-5(1)6;1-2-3(8)4(5,6)7/h1-4H;2H,1H3. The fourth-order valence-electron chi connectivity index (χ4n) is 0.826. The first-order valence-electron chi connectivity index (χ1n) is 3.94. The van der Waals surface area contributed by atoms with Crippen molar-refractivity contribution in [3.63, 3.8) is 0 Å². The van der Waals surface area contributed by atoms with Gasteiger partial charge in [-0.3, -0.25) is 0 Å². The van der Waals surface area contributed by atoms with Gasteiger partial charge in [0.05, 0.1) is 3.58 Å². The van der Waals surface area contributed by atoms with Gasteiger partial charge < -0.3 is 0 Å². The van der Waals surface area contributed by atoms with Crippen LogP contribution in [0.4, 0.5) is 13.2 Å². The second-order valence-corrected chi connectivity index (χ2v) is 3.87. The quantitative estimate of drug-likeness (QED) is 0.626. The highest BCUT2D eigenvalue weighted by molar-refractivity contribution is 14.1. The lowest BCUT2D eigenvalue weighted by Crippen LogP contribution is -2.05. The van der Waals surface area contributed by atoms with Crippen LogP contribution in [0.15, 0.2) is 33.9 Å². The van der Waals surface area contributed by atoms with E-state index in [0.717, 1.165) is 6.08 Å². The van der Waals surface area contributed by atoms with Gasteiger partial charge in [0, 0.05) is 0 Å². The van der Waals surface area contributed by atoms with E-state index < -0.39 is 9.76 Å². The Labute approximate surface area is 94.0 Å². The zero-order valence-electron chi connectivity index (χ0n) is 7.40. The molecular weight excluding hydrogens is 304 g/mol. The van der Waals surface area contributed by atoms with Crippen LogP contribution >= 0.6 is 22.6 Å². The third-order valence-electron chi connectivity index (χ3n) is 1.74. The summed E-state index contributed by atoms with van der Waals surface area (Å²) in [6, 6.07) is 8.48. The monoisotopic (exact) mass is 312 g/mol. The van der Waals surface area contributed by atoms with Gasteiger partial charge in [0.1, 0.15) is 0 Å². The highest BCUT2D eigenvalue weighted by Gasteiger charge is 2.30. The smallest absolute Gasteiger partial charge is 0.166 e. The van der Waals surface area contributed by atoms with Crippen LogP contribution in [0, 0.1) is 0 Å². The molecule has 0 N–H and O–H groups in total. The summed E-state index contributed by atoms with van der Waals surface area (Å²) in [5, 5.41) is 0. The van der Waals surface area contributed by atoms with Gasteiger partial charge >= 0.3 is 6.18 Å². The van der Waals surface area contributed by atoms with Crippen molar-refractivity contribution >= 4 is 22.6 Å². The molecule has 0 saturated heterocycles. The summed E-state index contributed by atoms with van der Waals surface area (Å²) in [6.07, 6.45) is -3.12. The molecule has 0 aromatic heterocycles. The minimum Gasteiger partial charge on any atom is -0.166 e. The molecule has 0 aromatic carbocycles. The van der Waals surface area contributed by atoms with E-state index in [2.05, 4.69) is 24.3 Å². The van der Waals surface area contributed by atoms with Crippen molar-refractivity contribution in [2.45, 2.75) is 13.1 Å². The Bertz CT molecular complexity index is 314. The van der Waals surface area contributed by atoms with Crippen molar-refractivity contribution in [1.82, 2.24) is 0 Å². The van der Waals surface area contributed by atoms with Gasteiger partial charge in [0.15, 0.2) is 0 Å². The van der Waals surface area contributed by atoms with Crippen molar-refractivity contribution in [2.24, 2.45) is 0 Å². The molecule has 2 rings (SSSR count). The van der Waals surface area contributed by atoms with E-state index in [4.69, 9.17) is 0 Å². The Hall–Kier alpha value is -0.520. The maximum Gasteiger partial charge on any atom is 0.421 e. The molecule has 0 radical (unpaired) electrons. The van der Waals surface area contributed by atoms with E-state index in [1.807, 2.05) is 0 Å². The van der Waals surface area contributed by atoms with Gasteiger partial charge in [-0.15, -0.1) is 0 Å². The molecule has 0 nitrogen and oxygen atoms in total. The predicted octanol–water partition coefficient (Wildman–Crippen LogP) is 4.55. The van der Waals surface area contributed by atoms with E-state index >= 15 is 0 Å². The van der Waals surface area contributed by atoms with Gasteiger partial charge in [-0.2, -0.15) is 13.2 Å². The number of allylic oxidation sites excluding steroid dienone is 2. The molecule has 0 unspecified atom stereocenters. The first kappa shape index (κ1) is 11.6. The Balaban J connectivity index is 0.000000143. The number of benzene rings is 1. The molecule has 4 heteroatoms. The molecule has 0 atom stereocenters. The summed E-state index contributed by atoms with van der Waals surface area (Å²) >= 11 is 1.25. The Morgan fingerprint density at radius 1 is 1.14 bits per heavy atom. The summed E-state index contributed by atoms with van der Waals surface area (Å²) in [5.41, 5.74) is 2.85. The highest BCUT2D eigenvalue weighted by atomic mass is 127. The van der Waals surface area contributed by atoms with E-state index in [-0.39, 0.29) is 0 Å². The second kappa shape index (κ2) is 4.33. The Morgan fingerprint density at radius 3 is 1.50 bits per heavy atom. The molecule has 0 aromatic rings. The maximum absolute atomic E-state index is 11.4. The highest BCUT2D eigenvalue weighted by Crippen LogP contribution is 2.30. The molecule has 0 fully saturated rings. The van der Waals surface area contributed by atoms with Crippen LogP contribution in [-0.2, 0) is 0 Å². The molecule has 0 heterocycles. The van der Waals surface area contributed by atoms with Crippen LogP contribution in [-0.4, -0.2) is 6.18 Å². The molecule has 0 bridgehead atoms. The summed E-state index contributed by atoms with van der Waals surface area (Å²) in [4.78, 5) is 0. The third-order valence-corrected chi connectivity index (χ3v) is 2.98. The molecule has 2 aliphatic rings. The lowest BCUT2D eigenvalue weighted by atomic mass is 9.95. The average molecular weight is 312 g/mol. The predicted molar refractivity (Wildman–Crippen MR) is 59.3 cm³/mol. The zero-order valence-corrected chi connectivity index (χ0v) is 9.56. The van der Waals surface area contributed by atoms with E-state index in [0.29, 0.717) is 0 Å². The number of alkyl halides is 3. The van der Waals surface area contributed by atoms with Crippen molar-refractivity contribution in [3.05, 3.63) is 33.9 Å². The van der Waals surface area contributed by atoms with Crippen LogP contribution in [0.2, 0.25) is 0 Å². The van der Waals surface area contributed by atoms with Crippen molar-refractivity contribution in [3.8, 4) is 11.1 Å². The third kappa shape index (κ3) is 2.73. The molecule has 2 aliphatic carbocycles. The average Bonchev–Trinajstić information content (AvgIpc) is 2.09. The van der Waals surface area contributed by atoms with Gasteiger partial charge in [-0.05, 0) is 40.6 Å². The van der Waals surface area contributed by atoms with E-state index in [9.17, 15) is 13.2 Å². The minimum atomic E-state index is -4.14. The SMILES string of the molecule is CC=C(I)C(F)(F)F.c1cc2ccc1-2. The van der Waals surface area contributed by atoms with E-state index in [1.54, 1.807) is 0 Å². The maximum atomic E-state index is 11.4. The normalized spacial score (nSPS) is 13.1. The second-order valence-electron chi connectivity index (χ2n) is 2.71. The largest absolute Gasteiger partial charge is 0.421 e. The number of fused-ring (bicyclic) bond motifs is 1. The summed E-state index contributed by atoms with van der Waals surface area (Å²) in [7, 11) is 0. The Kier molecular flexibility index (Phi) is 3.58. The minimum absolute atomic E-state index is 0.574. The lowest BCUT2D eigenvalue weighted by molar-refractivity contribution is -0.0818. The van der Waals surface area contributed by atoms with Crippen LogP contribution in [0.1, 0.15) is 6.92 Å². The molecule has 0 saturated carbocycles. The number of rotatable bonds is 0. The molecule has 14 heavy (non-hydrogen) atoms. The zero-order chi connectivity index (χ0) is 10.8. The number of hydrogen-bond donors (Lipinski definition) is 0. The lowest BCUT2D eigenvalue weighted by Gasteiger charge is -2.10. The summed E-state index contributed by atoms with van der Waals surface area (Å²) in [5.74, 6) is 0. The molecule has 0 amide bonds. The number of halogens is 4. The van der Waals surface area contributed by atoms with Crippen molar-refractivity contribution in [1.29, 1.82) is 0 Å². The van der Waals surface area contributed by atoms with Crippen LogP contribution in [0.25, 0.3) is 11.1 Å². The van der Waals surface area contributed by atoms with Crippen molar-refractivity contribution in [2.75, 3.05) is 0 Å². The van der Waals surface area contributed by atoms with Gasteiger partial charge in [-0.1, -0.05) is 30.3 Å². The topological polar surface area (TPSA) is 0 Å². The van der Waals surface area contributed by atoms with Crippen LogP contribution in [0.3, 0.4) is 0 Å². The van der Waals surface area contributed by atoms with E-state index in [1.165, 1.54) is 40.6 Å². The van der Waals surface area contributed by atoms with Gasteiger partial charge in [0.25, 0.3) is 0 Å².